The highest BCUT2D eigenvalue weighted by molar-refractivity contribution is 7.99. The van der Waals surface area contributed by atoms with Crippen molar-refractivity contribution in [3.8, 4) is 0 Å². The van der Waals surface area contributed by atoms with Crippen LogP contribution in [-0.4, -0.2) is 28.9 Å². The fraction of sp³-hybridized carbons (Fsp3) is 0.500. The molecule has 0 saturated carbocycles. The minimum atomic E-state index is -0.353. The molecule has 1 aliphatic heterocycles. The molecular formula is C14H19NO2S. The van der Waals surface area contributed by atoms with Crippen LogP contribution in [0.4, 0.5) is 0 Å². The predicted octanol–water partition coefficient (Wildman–Crippen LogP) is 2.15. The zero-order valence-electron chi connectivity index (χ0n) is 10.8. The highest BCUT2D eigenvalue weighted by atomic mass is 32.2. The number of aliphatic hydroxyl groups excluding tert-OH is 1. The van der Waals surface area contributed by atoms with Crippen LogP contribution in [0.15, 0.2) is 29.2 Å². The van der Waals surface area contributed by atoms with Crippen LogP contribution in [0.3, 0.4) is 0 Å². The average molecular weight is 265 g/mol. The van der Waals surface area contributed by atoms with Crippen LogP contribution in [-0.2, 0) is 4.79 Å². The first-order chi connectivity index (χ1) is 8.53. The topological polar surface area (TPSA) is 49.3 Å². The number of rotatable bonds is 4. The molecule has 4 heteroatoms. The van der Waals surface area contributed by atoms with Gasteiger partial charge in [-0.2, -0.15) is 0 Å². The summed E-state index contributed by atoms with van der Waals surface area (Å²) in [5.74, 6) is 0.801. The lowest BCUT2D eigenvalue weighted by atomic mass is 9.96. The molecule has 1 aliphatic rings. The maximum absolute atomic E-state index is 12.3. The van der Waals surface area contributed by atoms with E-state index in [1.807, 2.05) is 32.0 Å². The molecule has 0 saturated heterocycles. The minimum Gasteiger partial charge on any atom is -0.396 e. The monoisotopic (exact) mass is 265 g/mol. The van der Waals surface area contributed by atoms with E-state index in [2.05, 4.69) is 11.4 Å². The molecule has 1 aromatic rings. The van der Waals surface area contributed by atoms with Crippen molar-refractivity contribution in [3.63, 3.8) is 0 Å². The smallest absolute Gasteiger partial charge is 0.228 e. The molecule has 0 radical (unpaired) electrons. The van der Waals surface area contributed by atoms with E-state index in [9.17, 15) is 4.79 Å². The van der Waals surface area contributed by atoms with Crippen LogP contribution in [0.1, 0.15) is 31.7 Å². The lowest BCUT2D eigenvalue weighted by molar-refractivity contribution is -0.123. The van der Waals surface area contributed by atoms with Gasteiger partial charge in [-0.3, -0.25) is 4.79 Å². The van der Waals surface area contributed by atoms with Gasteiger partial charge >= 0.3 is 0 Å². The molecule has 0 aliphatic carbocycles. The van der Waals surface area contributed by atoms with Gasteiger partial charge in [-0.25, -0.2) is 0 Å². The number of fused-ring (bicyclic) bond motifs is 1. The third-order valence-electron chi connectivity index (χ3n) is 3.21. The molecule has 0 fully saturated rings. The van der Waals surface area contributed by atoms with Gasteiger partial charge in [0.25, 0.3) is 0 Å². The lowest BCUT2D eigenvalue weighted by Crippen LogP contribution is -2.46. The van der Waals surface area contributed by atoms with E-state index in [-0.39, 0.29) is 24.0 Å². The molecule has 0 spiro atoms. The zero-order valence-corrected chi connectivity index (χ0v) is 11.6. The fourth-order valence-electron chi connectivity index (χ4n) is 2.14. The summed E-state index contributed by atoms with van der Waals surface area (Å²) in [7, 11) is 0. The minimum absolute atomic E-state index is 0.0610. The number of aliphatic hydroxyl groups is 1. The van der Waals surface area contributed by atoms with Gasteiger partial charge in [0.1, 0.15) is 0 Å². The van der Waals surface area contributed by atoms with Gasteiger partial charge in [0.2, 0.25) is 5.91 Å². The van der Waals surface area contributed by atoms with Crippen LogP contribution in [0, 0.1) is 0 Å². The van der Waals surface area contributed by atoms with Crippen LogP contribution >= 0.6 is 11.8 Å². The van der Waals surface area contributed by atoms with Gasteiger partial charge in [0.15, 0.2) is 0 Å². The van der Waals surface area contributed by atoms with E-state index < -0.39 is 0 Å². The third kappa shape index (κ3) is 2.87. The molecule has 98 valence electrons. The molecule has 3 nitrogen and oxygen atoms in total. The van der Waals surface area contributed by atoms with Crippen molar-refractivity contribution >= 4 is 17.7 Å². The molecule has 1 heterocycles. The Morgan fingerprint density at radius 1 is 1.50 bits per heavy atom. The van der Waals surface area contributed by atoms with Crippen molar-refractivity contribution in [1.82, 2.24) is 5.32 Å². The number of hydrogen-bond acceptors (Lipinski definition) is 3. The molecule has 2 rings (SSSR count). The second-order valence-corrected chi connectivity index (χ2v) is 6.31. The Balaban J connectivity index is 2.08. The fourth-order valence-corrected chi connectivity index (χ4v) is 3.37. The van der Waals surface area contributed by atoms with Crippen molar-refractivity contribution in [1.29, 1.82) is 0 Å². The lowest BCUT2D eigenvalue weighted by Gasteiger charge is -2.27. The average Bonchev–Trinajstić information content (AvgIpc) is 2.71. The Bertz CT molecular complexity index is 445. The van der Waals surface area contributed by atoms with Crippen molar-refractivity contribution in [3.05, 3.63) is 29.8 Å². The van der Waals surface area contributed by atoms with E-state index in [0.717, 1.165) is 11.3 Å². The SMILES string of the molecule is CC(C)(CCO)NC(=O)C1CSc2ccccc21. The Morgan fingerprint density at radius 2 is 2.22 bits per heavy atom. The zero-order chi connectivity index (χ0) is 13.2. The van der Waals surface area contributed by atoms with Gasteiger partial charge in [-0.1, -0.05) is 18.2 Å². The highest BCUT2D eigenvalue weighted by Crippen LogP contribution is 2.39. The summed E-state index contributed by atoms with van der Waals surface area (Å²) in [6.45, 7) is 3.97. The van der Waals surface area contributed by atoms with Crippen molar-refractivity contribution in [2.24, 2.45) is 0 Å². The Kier molecular flexibility index (Phi) is 3.97. The first kappa shape index (κ1) is 13.4. The van der Waals surface area contributed by atoms with Gasteiger partial charge in [0.05, 0.1) is 5.92 Å². The third-order valence-corrected chi connectivity index (χ3v) is 4.40. The standard InChI is InChI=1S/C14H19NO2S/c1-14(2,7-8-16)15-13(17)11-9-18-12-6-4-3-5-10(11)12/h3-6,11,16H,7-9H2,1-2H3,(H,15,17). The highest BCUT2D eigenvalue weighted by Gasteiger charge is 2.31. The van der Waals surface area contributed by atoms with Crippen LogP contribution in [0.2, 0.25) is 0 Å². The van der Waals surface area contributed by atoms with Crippen LogP contribution < -0.4 is 5.32 Å². The normalized spacial score (nSPS) is 18.5. The molecule has 2 N–H and O–H groups in total. The second-order valence-electron chi connectivity index (χ2n) is 5.25. The maximum Gasteiger partial charge on any atom is 0.228 e. The Hall–Kier alpha value is -1.00. The van der Waals surface area contributed by atoms with Crippen molar-refractivity contribution < 1.29 is 9.90 Å². The van der Waals surface area contributed by atoms with Crippen molar-refractivity contribution in [2.45, 2.75) is 36.6 Å². The summed E-state index contributed by atoms with van der Waals surface area (Å²) in [4.78, 5) is 13.5. The Morgan fingerprint density at radius 3 is 2.94 bits per heavy atom. The van der Waals surface area contributed by atoms with Crippen molar-refractivity contribution in [2.75, 3.05) is 12.4 Å². The molecule has 1 aromatic carbocycles. The number of amides is 1. The van der Waals surface area contributed by atoms with Crippen LogP contribution in [0.25, 0.3) is 0 Å². The summed E-state index contributed by atoms with van der Waals surface area (Å²) in [6, 6.07) is 8.07. The summed E-state index contributed by atoms with van der Waals surface area (Å²) in [5, 5.41) is 12.0. The maximum atomic E-state index is 12.3. The first-order valence-corrected chi connectivity index (χ1v) is 7.17. The number of hydrogen-bond donors (Lipinski definition) is 2. The molecule has 1 unspecified atom stereocenters. The molecule has 0 aromatic heterocycles. The number of benzene rings is 1. The van der Waals surface area contributed by atoms with Crippen LogP contribution in [0.5, 0.6) is 0 Å². The molecule has 1 atom stereocenters. The van der Waals surface area contributed by atoms with E-state index in [1.54, 1.807) is 11.8 Å². The number of carbonyl (C=O) groups excluding carboxylic acids is 1. The molecule has 0 bridgehead atoms. The Labute approximate surface area is 112 Å². The second kappa shape index (κ2) is 5.33. The predicted molar refractivity (Wildman–Crippen MR) is 73.8 cm³/mol. The van der Waals surface area contributed by atoms with E-state index in [4.69, 9.17) is 5.11 Å². The first-order valence-electron chi connectivity index (χ1n) is 6.18. The number of nitrogens with one attached hydrogen (secondary N) is 1. The summed E-state index contributed by atoms with van der Waals surface area (Å²) >= 11 is 1.73. The van der Waals surface area contributed by atoms with Gasteiger partial charge in [0, 0.05) is 22.8 Å². The quantitative estimate of drug-likeness (QED) is 0.877. The summed E-state index contributed by atoms with van der Waals surface area (Å²) in [6.07, 6.45) is 0.570. The van der Waals surface area contributed by atoms with E-state index in [0.29, 0.717) is 6.42 Å². The summed E-state index contributed by atoms with van der Waals surface area (Å²) in [5.41, 5.74) is 0.772. The molecular weight excluding hydrogens is 246 g/mol. The van der Waals surface area contributed by atoms with E-state index in [1.165, 1.54) is 4.90 Å². The molecule has 18 heavy (non-hydrogen) atoms. The van der Waals surface area contributed by atoms with Gasteiger partial charge < -0.3 is 10.4 Å². The van der Waals surface area contributed by atoms with E-state index >= 15 is 0 Å². The van der Waals surface area contributed by atoms with Gasteiger partial charge in [-0.05, 0) is 31.9 Å². The number of carbonyl (C=O) groups is 1. The molecule has 1 amide bonds. The number of thioether (sulfide) groups is 1. The largest absolute Gasteiger partial charge is 0.396 e. The summed E-state index contributed by atoms with van der Waals surface area (Å²) < 4.78 is 0. The van der Waals surface area contributed by atoms with Gasteiger partial charge in [-0.15, -0.1) is 11.8 Å².